The first-order valence-corrected chi connectivity index (χ1v) is 29.8. The smallest absolute Gasteiger partial charge is 0.324 e. The lowest BCUT2D eigenvalue weighted by molar-refractivity contribution is -0.155. The number of phenols is 1. The van der Waals surface area contributed by atoms with Gasteiger partial charge in [-0.1, -0.05) is 57.7 Å². The number of sulfone groups is 1. The highest BCUT2D eigenvalue weighted by Crippen LogP contribution is 2.44. The number of nitrogen functional groups attached to an aromatic ring is 1. The Bertz CT molecular complexity index is 3380. The number of nitrogens with two attached hydrogens (primary N) is 1. The first kappa shape index (κ1) is 58.8. The number of hydrogen-bond donors (Lipinski definition) is 4. The number of hydrazine groups is 1. The van der Waals surface area contributed by atoms with Crippen molar-refractivity contribution in [3.63, 3.8) is 0 Å². The summed E-state index contributed by atoms with van der Waals surface area (Å²) >= 11 is 0. The van der Waals surface area contributed by atoms with E-state index in [0.29, 0.717) is 103 Å². The number of ether oxygens (including phenoxy) is 3. The summed E-state index contributed by atoms with van der Waals surface area (Å²) < 4.78 is 61.6. The number of fused-ring (bicyclic) bond motifs is 6. The maximum Gasteiger partial charge on any atom is 0.324 e. The van der Waals surface area contributed by atoms with Crippen molar-refractivity contribution in [1.29, 1.82) is 0 Å². The molecule has 4 aliphatic rings. The lowest BCUT2D eigenvalue weighted by Crippen LogP contribution is -2.62. The Morgan fingerprint density at radius 2 is 1.78 bits per heavy atom. The van der Waals surface area contributed by atoms with Gasteiger partial charge in [0.25, 0.3) is 11.8 Å². The topological polar surface area (TPSA) is 228 Å². The number of rotatable bonds is 11. The van der Waals surface area contributed by atoms with Gasteiger partial charge in [0, 0.05) is 98.7 Å². The average molecular weight is 1130 g/mol. The molecule has 3 aromatic carbocycles. The Hall–Kier alpha value is -6.89. The minimum Gasteiger partial charge on any atom is -0.508 e. The highest BCUT2D eigenvalue weighted by molar-refractivity contribution is 7.91. The number of carbonyl (C=O) groups is 4. The fourth-order valence-corrected chi connectivity index (χ4v) is 13.1. The van der Waals surface area contributed by atoms with Gasteiger partial charge in [0.2, 0.25) is 5.91 Å². The number of hydrogen-bond acceptors (Lipinski definition) is 14. The van der Waals surface area contributed by atoms with E-state index in [1.807, 2.05) is 69.2 Å². The molecule has 2 aromatic heterocycles. The molecule has 9 rings (SSSR count). The number of carbonyl (C=O) groups excluding carboxylic acids is 4. The first-order chi connectivity index (χ1) is 38.5. The first-order valence-electron chi connectivity index (χ1n) is 28.0. The molecule has 81 heavy (non-hydrogen) atoms. The second kappa shape index (κ2) is 24.3. The van der Waals surface area contributed by atoms with Crippen LogP contribution in [0.4, 0.5) is 10.1 Å². The van der Waals surface area contributed by atoms with E-state index in [1.54, 1.807) is 44.6 Å². The molecule has 0 aliphatic carbocycles. The molecule has 3 fully saturated rings. The van der Waals surface area contributed by atoms with Crippen molar-refractivity contribution in [2.24, 2.45) is 11.3 Å². The number of likely N-dealkylation sites (N-methyl/N-ethyl adjacent to an activating group) is 1. The van der Waals surface area contributed by atoms with E-state index < -0.39 is 81.0 Å². The minimum absolute atomic E-state index is 0.0306. The fraction of sp³-hybridized carbons (Fsp3) is 0.492. The lowest BCUT2D eigenvalue weighted by Gasteiger charge is -2.37. The van der Waals surface area contributed by atoms with Crippen molar-refractivity contribution in [2.75, 3.05) is 70.8 Å². The third-order valence-electron chi connectivity index (χ3n) is 16.2. The van der Waals surface area contributed by atoms with Crippen LogP contribution in [0.5, 0.6) is 5.75 Å². The average Bonchev–Trinajstić information content (AvgIpc) is 3.39. The number of pyridine rings is 1. The molecular weight excluding hydrogens is 1060 g/mol. The molecule has 6 bridgehead atoms. The summed E-state index contributed by atoms with van der Waals surface area (Å²) in [4.78, 5) is 66.7. The number of nitrogens with zero attached hydrogens (tertiary/aromatic N) is 5. The Balaban J connectivity index is 1.12. The van der Waals surface area contributed by atoms with Crippen LogP contribution in [-0.2, 0) is 62.6 Å². The van der Waals surface area contributed by atoms with E-state index in [9.17, 15) is 32.7 Å². The molecular formula is C61H75FN8O10S. The highest BCUT2D eigenvalue weighted by Gasteiger charge is 2.43. The van der Waals surface area contributed by atoms with Crippen molar-refractivity contribution in [3.05, 3.63) is 101 Å². The quantitative estimate of drug-likeness (QED) is 0.0646. The lowest BCUT2D eigenvalue weighted by atomic mass is 9.84. The number of cyclic esters (lactones) is 1. The van der Waals surface area contributed by atoms with Crippen molar-refractivity contribution in [1.82, 2.24) is 35.1 Å². The summed E-state index contributed by atoms with van der Waals surface area (Å²) in [5.74, 6) is 3.04. The van der Waals surface area contributed by atoms with Crippen LogP contribution >= 0.6 is 0 Å². The number of benzene rings is 3. The largest absolute Gasteiger partial charge is 0.508 e. The van der Waals surface area contributed by atoms with E-state index in [2.05, 4.69) is 22.6 Å². The summed E-state index contributed by atoms with van der Waals surface area (Å²) in [6, 6.07) is 13.9. The van der Waals surface area contributed by atoms with E-state index in [1.165, 1.54) is 28.1 Å². The summed E-state index contributed by atoms with van der Waals surface area (Å²) in [6.07, 6.45) is 1.90. The fourth-order valence-electron chi connectivity index (χ4n) is 11.8. The number of phenolic OH excluding ortho intramolecular Hbond substituents is 1. The predicted octanol–water partition coefficient (Wildman–Crippen LogP) is 6.31. The Morgan fingerprint density at radius 1 is 1.04 bits per heavy atom. The van der Waals surface area contributed by atoms with Gasteiger partial charge in [-0.2, -0.15) is 0 Å². The second-order valence-corrected chi connectivity index (χ2v) is 25.4. The van der Waals surface area contributed by atoms with Crippen LogP contribution in [0, 0.1) is 29.0 Å². The number of esters is 1. The van der Waals surface area contributed by atoms with E-state index >= 15 is 4.39 Å². The maximum atomic E-state index is 17.2. The molecule has 5 aromatic rings. The number of aromatic nitrogens is 2. The van der Waals surface area contributed by atoms with Gasteiger partial charge in [0.15, 0.2) is 9.84 Å². The molecule has 0 radical (unpaired) electrons. The van der Waals surface area contributed by atoms with Gasteiger partial charge in [0.05, 0.1) is 47.7 Å². The molecule has 6 heterocycles. The molecule has 432 valence electrons. The molecule has 4 aliphatic heterocycles. The molecule has 0 saturated carbocycles. The second-order valence-electron chi connectivity index (χ2n) is 23.1. The van der Waals surface area contributed by atoms with Crippen LogP contribution in [0.15, 0.2) is 66.9 Å². The molecule has 6 atom stereocenters. The molecule has 3 amide bonds. The van der Waals surface area contributed by atoms with Crippen molar-refractivity contribution < 1.29 is 51.3 Å². The summed E-state index contributed by atoms with van der Waals surface area (Å²) in [6.45, 7) is 13.6. The number of aromatic hydroxyl groups is 1. The zero-order chi connectivity index (χ0) is 58.1. The number of aryl methyl sites for hydroxylation is 1. The third kappa shape index (κ3) is 12.9. The van der Waals surface area contributed by atoms with Gasteiger partial charge >= 0.3 is 5.97 Å². The predicted molar refractivity (Wildman–Crippen MR) is 307 cm³/mol. The molecule has 3 saturated heterocycles. The maximum absolute atomic E-state index is 17.2. The number of methoxy groups -OCH3 is 1. The van der Waals surface area contributed by atoms with Gasteiger partial charge in [0.1, 0.15) is 35.8 Å². The highest BCUT2D eigenvalue weighted by atomic mass is 32.2. The van der Waals surface area contributed by atoms with Gasteiger partial charge in [-0.15, -0.1) is 0 Å². The number of anilines is 1. The van der Waals surface area contributed by atoms with E-state index in [4.69, 9.17) is 24.9 Å². The van der Waals surface area contributed by atoms with Crippen LogP contribution in [0.1, 0.15) is 101 Å². The zero-order valence-electron chi connectivity index (χ0n) is 47.5. The van der Waals surface area contributed by atoms with Gasteiger partial charge in [-0.05, 0) is 110 Å². The van der Waals surface area contributed by atoms with Crippen LogP contribution in [-0.4, -0.2) is 151 Å². The standard InChI is InChI=1S/C61H75FN8O10S/c1-9-69-52-32-49(62)45-31-46(52)48(55(69)47-28-38(34-64-53(47)37(4)78-8)12-10-19-68-21-24-81(76,77)25-22-68)33-61(5,6)35-80-60(75)50-13-11-20-70(66-50)58(73)51(29-39-26-41(45)30-43(71)27-39)65-57(72)54(36(2)3)67(7)59(74)56-44(18-23-79-56)40-14-16-42(63)17-15-40/h14-17,26-28,30-32,34,36-37,44,50-51,54,56,66,71H,9,11,13,18-25,29,33,35,63H2,1-8H3,(H,65,72)/t37-,44?,50?,51-,54-,56+/m0/s1. The van der Waals surface area contributed by atoms with Crippen LogP contribution in [0.25, 0.3) is 33.3 Å². The molecule has 18 nitrogen and oxygen atoms in total. The Morgan fingerprint density at radius 3 is 2.48 bits per heavy atom. The monoisotopic (exact) mass is 1130 g/mol. The summed E-state index contributed by atoms with van der Waals surface area (Å²) in [7, 11) is 0.0939. The third-order valence-corrected chi connectivity index (χ3v) is 17.8. The van der Waals surface area contributed by atoms with Gasteiger partial charge in [-0.25, -0.2) is 18.2 Å². The van der Waals surface area contributed by atoms with Crippen LogP contribution < -0.4 is 16.5 Å². The number of amides is 3. The van der Waals surface area contributed by atoms with Crippen LogP contribution in [0.3, 0.4) is 0 Å². The number of halogens is 1. The molecule has 0 spiro atoms. The molecule has 5 N–H and O–H groups in total. The molecule has 2 unspecified atom stereocenters. The summed E-state index contributed by atoms with van der Waals surface area (Å²) in [5.41, 5.74) is 14.8. The van der Waals surface area contributed by atoms with Crippen molar-refractivity contribution in [3.8, 4) is 40.0 Å². The Labute approximate surface area is 473 Å². The zero-order valence-corrected chi connectivity index (χ0v) is 48.3. The normalized spacial score (nSPS) is 22.1. The molecule has 20 heteroatoms. The summed E-state index contributed by atoms with van der Waals surface area (Å²) in [5, 5.41) is 16.5. The Kier molecular flexibility index (Phi) is 17.6. The minimum atomic E-state index is -3.06. The van der Waals surface area contributed by atoms with E-state index in [0.717, 1.165) is 16.8 Å². The SMILES string of the molecule is CCn1c(-c2cc(C#CCN3CCS(=O)(=O)CC3)cnc2[C@H](C)OC)c2c3cc(c(F)cc31)-c1cc(O)cc(c1)C[C@H](NC(=O)[C@H](C(C)C)N(C)C(=O)[C@@H]1OCCC1c1ccc(N)cc1)C(=O)N1CCCC(N1)C(=O)OCC(C)(C)C2. The number of nitrogens with one attached hydrogen (secondary N) is 2. The van der Waals surface area contributed by atoms with E-state index in [-0.39, 0.29) is 48.3 Å². The van der Waals surface area contributed by atoms with Gasteiger partial charge in [-0.3, -0.25) is 34.1 Å². The van der Waals surface area contributed by atoms with Crippen molar-refractivity contribution in [2.45, 2.75) is 116 Å². The van der Waals surface area contributed by atoms with Crippen molar-refractivity contribution >= 4 is 50.1 Å². The van der Waals surface area contributed by atoms with Crippen LogP contribution in [0.2, 0.25) is 0 Å². The van der Waals surface area contributed by atoms with Gasteiger partial charge < -0.3 is 39.8 Å².